The molecule has 4 rings (SSSR count). The van der Waals surface area contributed by atoms with Crippen LogP contribution in [0.15, 0.2) is 80.9 Å². The number of rotatable bonds is 4. The van der Waals surface area contributed by atoms with Gasteiger partial charge in [0.25, 0.3) is 11.1 Å². The second-order valence-corrected chi connectivity index (χ2v) is 6.17. The quantitative estimate of drug-likeness (QED) is 0.560. The molecule has 0 bridgehead atoms. The lowest BCUT2D eigenvalue weighted by atomic mass is 10.2. The van der Waals surface area contributed by atoms with E-state index in [1.807, 2.05) is 0 Å². The minimum atomic E-state index is -0.453. The van der Waals surface area contributed by atoms with Gasteiger partial charge in [-0.25, -0.2) is 4.39 Å². The third kappa shape index (κ3) is 4.41. The van der Waals surface area contributed by atoms with Gasteiger partial charge in [0.05, 0.1) is 6.26 Å². The average molecular weight is 390 g/mol. The molecule has 0 unspecified atom stereocenters. The van der Waals surface area contributed by atoms with Crippen LogP contribution in [0.2, 0.25) is 0 Å². The van der Waals surface area contributed by atoms with E-state index in [9.17, 15) is 14.0 Å². The van der Waals surface area contributed by atoms with Crippen molar-refractivity contribution in [2.75, 3.05) is 0 Å². The van der Waals surface area contributed by atoms with Crippen molar-refractivity contribution in [3.05, 3.63) is 115 Å². The summed E-state index contributed by atoms with van der Waals surface area (Å²) in [6.07, 6.45) is 4.46. The summed E-state index contributed by atoms with van der Waals surface area (Å²) in [6, 6.07) is 15.9. The Kier molecular flexibility index (Phi) is 4.94. The van der Waals surface area contributed by atoms with E-state index in [1.54, 1.807) is 36.4 Å². The van der Waals surface area contributed by atoms with Crippen molar-refractivity contribution in [1.82, 2.24) is 9.97 Å². The molecule has 2 heterocycles. The van der Waals surface area contributed by atoms with Crippen molar-refractivity contribution in [3.8, 4) is 11.5 Å². The first-order valence-electron chi connectivity index (χ1n) is 8.70. The molecule has 0 atom stereocenters. The smallest absolute Gasteiger partial charge is 0.272 e. The van der Waals surface area contributed by atoms with Crippen molar-refractivity contribution in [2.24, 2.45) is 0 Å². The highest BCUT2D eigenvalue weighted by Crippen LogP contribution is 2.22. The predicted molar refractivity (Wildman–Crippen MR) is 106 cm³/mol. The lowest BCUT2D eigenvalue weighted by molar-refractivity contribution is 0.480. The summed E-state index contributed by atoms with van der Waals surface area (Å²) in [5.41, 5.74) is -0.258. The van der Waals surface area contributed by atoms with Crippen LogP contribution in [-0.4, -0.2) is 9.97 Å². The van der Waals surface area contributed by atoms with Crippen LogP contribution in [0.3, 0.4) is 0 Å². The summed E-state index contributed by atoms with van der Waals surface area (Å²) >= 11 is 0. The second kappa shape index (κ2) is 7.85. The summed E-state index contributed by atoms with van der Waals surface area (Å²) < 4.78 is 23.8. The van der Waals surface area contributed by atoms with E-state index < -0.39 is 11.1 Å². The number of benzene rings is 2. The van der Waals surface area contributed by atoms with E-state index in [0.717, 1.165) is 0 Å². The van der Waals surface area contributed by atoms with E-state index in [-0.39, 0.29) is 16.5 Å². The van der Waals surface area contributed by atoms with Crippen LogP contribution in [0.25, 0.3) is 12.2 Å². The summed E-state index contributed by atoms with van der Waals surface area (Å²) in [4.78, 5) is 29.7. The predicted octanol–water partition coefficient (Wildman–Crippen LogP) is 2.25. The molecule has 2 aromatic heterocycles. The number of ether oxygens (including phenoxy) is 1. The van der Waals surface area contributed by atoms with Crippen LogP contribution in [0.5, 0.6) is 11.5 Å². The number of hydrogen-bond acceptors (Lipinski definition) is 4. The van der Waals surface area contributed by atoms with Crippen molar-refractivity contribution in [1.29, 1.82) is 0 Å². The standard InChI is InChI=1S/C22H15FN2O4/c23-15-6-8-16(9-7-15)29-18-4-1-3-14(11-18)12-19-21(26)25-20(22(27)24-19)13-17-5-2-10-28-17/h1-13H,(H,24,27)(H,25,26)/b19-12-,20-13-. The second-order valence-electron chi connectivity index (χ2n) is 6.17. The Morgan fingerprint density at radius 3 is 2.24 bits per heavy atom. The van der Waals surface area contributed by atoms with E-state index in [1.165, 1.54) is 42.7 Å². The SMILES string of the molecule is O=c1[nH]/c(=C\c2ccco2)c(=O)[nH]/c1=C\c1cccc(Oc2ccc(F)cc2)c1. The van der Waals surface area contributed by atoms with Gasteiger partial charge in [0.2, 0.25) is 0 Å². The number of nitrogens with one attached hydrogen (secondary N) is 2. The van der Waals surface area contributed by atoms with Gasteiger partial charge in [-0.3, -0.25) is 9.59 Å². The normalized spacial score (nSPS) is 12.3. The fourth-order valence-electron chi connectivity index (χ4n) is 2.68. The largest absolute Gasteiger partial charge is 0.465 e. The molecule has 0 radical (unpaired) electrons. The topological polar surface area (TPSA) is 88.1 Å². The van der Waals surface area contributed by atoms with Crippen molar-refractivity contribution in [3.63, 3.8) is 0 Å². The van der Waals surface area contributed by atoms with E-state index in [4.69, 9.17) is 9.15 Å². The summed E-state index contributed by atoms with van der Waals surface area (Å²) in [5.74, 6) is 1.09. The number of halogens is 1. The Morgan fingerprint density at radius 1 is 0.828 bits per heavy atom. The van der Waals surface area contributed by atoms with Gasteiger partial charge in [-0.05, 0) is 60.2 Å². The molecular weight excluding hydrogens is 375 g/mol. The maximum absolute atomic E-state index is 13.0. The maximum Gasteiger partial charge on any atom is 0.272 e. The molecule has 29 heavy (non-hydrogen) atoms. The van der Waals surface area contributed by atoms with Gasteiger partial charge < -0.3 is 19.1 Å². The van der Waals surface area contributed by atoms with Gasteiger partial charge in [-0.2, -0.15) is 0 Å². The molecule has 2 N–H and O–H groups in total. The first kappa shape index (κ1) is 18.2. The van der Waals surface area contributed by atoms with Crippen molar-refractivity contribution in [2.45, 2.75) is 0 Å². The molecule has 0 aliphatic rings. The number of furan rings is 1. The van der Waals surface area contributed by atoms with Crippen LogP contribution in [0.1, 0.15) is 11.3 Å². The number of hydrogen-bond donors (Lipinski definition) is 2. The molecule has 0 aliphatic heterocycles. The Morgan fingerprint density at radius 2 is 1.55 bits per heavy atom. The average Bonchev–Trinajstić information content (AvgIpc) is 3.21. The van der Waals surface area contributed by atoms with Gasteiger partial charge >= 0.3 is 0 Å². The summed E-state index contributed by atoms with van der Waals surface area (Å²) in [7, 11) is 0. The lowest BCUT2D eigenvalue weighted by Gasteiger charge is -2.06. The molecule has 7 heteroatoms. The molecule has 2 aromatic carbocycles. The van der Waals surface area contributed by atoms with Gasteiger partial charge in [0.15, 0.2) is 0 Å². The number of H-pyrrole nitrogens is 2. The highest BCUT2D eigenvalue weighted by Gasteiger charge is 2.01. The zero-order valence-electron chi connectivity index (χ0n) is 15.0. The number of aromatic nitrogens is 2. The third-order valence-corrected chi connectivity index (χ3v) is 4.03. The molecular formula is C22H15FN2O4. The molecule has 0 spiro atoms. The minimum Gasteiger partial charge on any atom is -0.465 e. The van der Waals surface area contributed by atoms with Gasteiger partial charge in [0, 0.05) is 6.08 Å². The van der Waals surface area contributed by atoms with Crippen LogP contribution in [0.4, 0.5) is 4.39 Å². The monoisotopic (exact) mass is 390 g/mol. The Balaban J connectivity index is 1.68. The zero-order valence-corrected chi connectivity index (χ0v) is 15.0. The molecule has 0 fully saturated rings. The molecule has 4 aromatic rings. The number of aromatic amines is 2. The van der Waals surface area contributed by atoms with Gasteiger partial charge in [0.1, 0.15) is 33.8 Å². The molecule has 0 saturated heterocycles. The third-order valence-electron chi connectivity index (χ3n) is 4.03. The first-order valence-corrected chi connectivity index (χ1v) is 8.70. The van der Waals surface area contributed by atoms with Crippen LogP contribution in [0, 0.1) is 5.82 Å². The van der Waals surface area contributed by atoms with E-state index in [2.05, 4.69) is 9.97 Å². The fourth-order valence-corrected chi connectivity index (χ4v) is 2.68. The van der Waals surface area contributed by atoms with E-state index in [0.29, 0.717) is 22.8 Å². The van der Waals surface area contributed by atoms with Crippen molar-refractivity contribution < 1.29 is 13.5 Å². The maximum atomic E-state index is 13.0. The molecule has 0 saturated carbocycles. The molecule has 0 amide bonds. The van der Waals surface area contributed by atoms with E-state index >= 15 is 0 Å². The highest BCUT2D eigenvalue weighted by atomic mass is 19.1. The first-order chi connectivity index (χ1) is 14.1. The molecule has 144 valence electrons. The highest BCUT2D eigenvalue weighted by molar-refractivity contribution is 5.51. The summed E-state index contributed by atoms with van der Waals surface area (Å²) in [6.45, 7) is 0. The lowest BCUT2D eigenvalue weighted by Crippen LogP contribution is -2.46. The van der Waals surface area contributed by atoms with Crippen molar-refractivity contribution >= 4 is 12.2 Å². The van der Waals surface area contributed by atoms with Gasteiger partial charge in [-0.1, -0.05) is 12.1 Å². The van der Waals surface area contributed by atoms with Crippen LogP contribution in [-0.2, 0) is 0 Å². The minimum absolute atomic E-state index is 0.0930. The fraction of sp³-hybridized carbons (Fsp3) is 0. The van der Waals surface area contributed by atoms with Crippen LogP contribution >= 0.6 is 0 Å². The molecule has 0 aliphatic carbocycles. The molecule has 6 nitrogen and oxygen atoms in total. The summed E-state index contributed by atoms with van der Waals surface area (Å²) in [5, 5.41) is 0.195. The van der Waals surface area contributed by atoms with Gasteiger partial charge in [-0.15, -0.1) is 0 Å². The Labute approximate surface area is 163 Å². The van der Waals surface area contributed by atoms with Crippen LogP contribution < -0.4 is 26.6 Å². The Hall–Kier alpha value is -4.13. The zero-order chi connectivity index (χ0) is 20.2. The Bertz CT molecular complexity index is 1370.